The zero-order valence-corrected chi connectivity index (χ0v) is 14.2. The van der Waals surface area contributed by atoms with E-state index in [1.165, 1.54) is 0 Å². The third-order valence-electron chi connectivity index (χ3n) is 3.54. The standard InChI is InChI=1S/C16H25NO4S/c1-3-11-20-15-8-7-14(13-16(15)21-12-4-2)22(18,19)17-9-5-6-10-17/h7-8,13H,3-6,9-12H2,1-2H3. The molecule has 0 radical (unpaired) electrons. The number of benzene rings is 1. The van der Waals surface area contributed by atoms with Crippen LogP contribution in [0.25, 0.3) is 0 Å². The Kier molecular flexibility index (Phi) is 6.08. The molecule has 0 N–H and O–H groups in total. The molecule has 6 heteroatoms. The van der Waals surface area contributed by atoms with Gasteiger partial charge in [-0.25, -0.2) is 8.42 Å². The molecule has 124 valence electrons. The lowest BCUT2D eigenvalue weighted by atomic mass is 10.3. The minimum atomic E-state index is -3.43. The first kappa shape index (κ1) is 17.1. The van der Waals surface area contributed by atoms with Crippen molar-refractivity contribution in [2.45, 2.75) is 44.4 Å². The first-order valence-electron chi connectivity index (χ1n) is 7.99. The van der Waals surface area contributed by atoms with Crippen molar-refractivity contribution in [2.75, 3.05) is 26.3 Å². The molecule has 0 aromatic heterocycles. The molecule has 0 amide bonds. The second-order valence-corrected chi connectivity index (χ2v) is 7.35. The minimum absolute atomic E-state index is 0.282. The molecule has 1 aliphatic rings. The number of rotatable bonds is 8. The first-order valence-corrected chi connectivity index (χ1v) is 9.43. The molecule has 1 aromatic carbocycles. The van der Waals surface area contributed by atoms with Crippen molar-refractivity contribution in [2.24, 2.45) is 0 Å². The maximum absolute atomic E-state index is 12.6. The summed E-state index contributed by atoms with van der Waals surface area (Å²) in [4.78, 5) is 0.282. The summed E-state index contributed by atoms with van der Waals surface area (Å²) in [5.41, 5.74) is 0. The van der Waals surface area contributed by atoms with Crippen LogP contribution in [0.4, 0.5) is 0 Å². The number of sulfonamides is 1. The highest BCUT2D eigenvalue weighted by Crippen LogP contribution is 2.32. The molecule has 1 aromatic rings. The summed E-state index contributed by atoms with van der Waals surface area (Å²) in [5.74, 6) is 1.12. The maximum atomic E-state index is 12.6. The van der Waals surface area contributed by atoms with E-state index in [1.807, 2.05) is 13.8 Å². The second kappa shape index (κ2) is 7.83. The summed E-state index contributed by atoms with van der Waals surface area (Å²) in [5, 5.41) is 0. The summed E-state index contributed by atoms with van der Waals surface area (Å²) < 4.78 is 38.1. The van der Waals surface area contributed by atoms with E-state index in [9.17, 15) is 8.42 Å². The van der Waals surface area contributed by atoms with Gasteiger partial charge in [-0.15, -0.1) is 0 Å². The van der Waals surface area contributed by atoms with Gasteiger partial charge in [-0.2, -0.15) is 4.31 Å². The Bertz CT molecular complexity index is 580. The summed E-state index contributed by atoms with van der Waals surface area (Å²) in [7, 11) is -3.43. The van der Waals surface area contributed by atoms with Crippen LogP contribution in [0, 0.1) is 0 Å². The van der Waals surface area contributed by atoms with Gasteiger partial charge in [0.2, 0.25) is 10.0 Å². The van der Waals surface area contributed by atoms with Gasteiger partial charge in [0, 0.05) is 19.2 Å². The van der Waals surface area contributed by atoms with Crippen LogP contribution < -0.4 is 9.47 Å². The zero-order chi connectivity index (χ0) is 16.0. The zero-order valence-electron chi connectivity index (χ0n) is 13.4. The average Bonchev–Trinajstić information content (AvgIpc) is 3.06. The third kappa shape index (κ3) is 3.93. The van der Waals surface area contributed by atoms with Gasteiger partial charge >= 0.3 is 0 Å². The van der Waals surface area contributed by atoms with Crippen LogP contribution in [0.2, 0.25) is 0 Å². The van der Waals surface area contributed by atoms with Gasteiger partial charge in [0.25, 0.3) is 0 Å². The molecule has 22 heavy (non-hydrogen) atoms. The first-order chi connectivity index (χ1) is 10.6. The van der Waals surface area contributed by atoms with E-state index >= 15 is 0 Å². The van der Waals surface area contributed by atoms with E-state index in [-0.39, 0.29) is 4.90 Å². The van der Waals surface area contributed by atoms with Crippen molar-refractivity contribution < 1.29 is 17.9 Å². The normalized spacial score (nSPS) is 15.9. The smallest absolute Gasteiger partial charge is 0.243 e. The predicted octanol–water partition coefficient (Wildman–Crippen LogP) is 3.05. The molecule has 0 saturated carbocycles. The Morgan fingerprint density at radius 3 is 2.18 bits per heavy atom. The molecular weight excluding hydrogens is 302 g/mol. The molecule has 1 aliphatic heterocycles. The van der Waals surface area contributed by atoms with Crippen molar-refractivity contribution in [3.8, 4) is 11.5 Å². The monoisotopic (exact) mass is 327 g/mol. The summed E-state index contributed by atoms with van der Waals surface area (Å²) >= 11 is 0. The van der Waals surface area contributed by atoms with Crippen LogP contribution in [0.3, 0.4) is 0 Å². The highest BCUT2D eigenvalue weighted by molar-refractivity contribution is 7.89. The van der Waals surface area contributed by atoms with Gasteiger partial charge in [-0.1, -0.05) is 13.8 Å². The molecule has 0 aliphatic carbocycles. The SMILES string of the molecule is CCCOc1ccc(S(=O)(=O)N2CCCC2)cc1OCCC. The van der Waals surface area contributed by atoms with Crippen LogP contribution in [0.1, 0.15) is 39.5 Å². The van der Waals surface area contributed by atoms with Crippen molar-refractivity contribution >= 4 is 10.0 Å². The van der Waals surface area contributed by atoms with E-state index in [4.69, 9.17) is 9.47 Å². The summed E-state index contributed by atoms with van der Waals surface area (Å²) in [6.45, 7) is 6.36. The van der Waals surface area contributed by atoms with E-state index in [0.717, 1.165) is 25.7 Å². The van der Waals surface area contributed by atoms with Crippen LogP contribution in [0.15, 0.2) is 23.1 Å². The van der Waals surface area contributed by atoms with Gasteiger partial charge in [-0.05, 0) is 37.8 Å². The van der Waals surface area contributed by atoms with Crippen molar-refractivity contribution in [1.29, 1.82) is 0 Å². The highest BCUT2D eigenvalue weighted by Gasteiger charge is 2.28. The van der Waals surface area contributed by atoms with Gasteiger partial charge in [0.05, 0.1) is 18.1 Å². The van der Waals surface area contributed by atoms with Gasteiger partial charge in [0.1, 0.15) is 0 Å². The minimum Gasteiger partial charge on any atom is -0.490 e. The Balaban J connectivity index is 2.28. The predicted molar refractivity (Wildman–Crippen MR) is 86.0 cm³/mol. The van der Waals surface area contributed by atoms with E-state index in [2.05, 4.69) is 0 Å². The largest absolute Gasteiger partial charge is 0.490 e. The van der Waals surface area contributed by atoms with Gasteiger partial charge in [-0.3, -0.25) is 0 Å². The number of hydrogen-bond donors (Lipinski definition) is 0. The lowest BCUT2D eigenvalue weighted by Crippen LogP contribution is -2.27. The van der Waals surface area contributed by atoms with Crippen LogP contribution in [0.5, 0.6) is 11.5 Å². The molecule has 1 heterocycles. The lowest BCUT2D eigenvalue weighted by Gasteiger charge is -2.18. The van der Waals surface area contributed by atoms with Crippen LogP contribution >= 0.6 is 0 Å². The van der Waals surface area contributed by atoms with Crippen molar-refractivity contribution in [1.82, 2.24) is 4.31 Å². The third-order valence-corrected chi connectivity index (χ3v) is 5.44. The number of nitrogens with zero attached hydrogens (tertiary/aromatic N) is 1. The number of ether oxygens (including phenoxy) is 2. The van der Waals surface area contributed by atoms with Gasteiger partial charge in [0.15, 0.2) is 11.5 Å². The van der Waals surface area contributed by atoms with E-state index < -0.39 is 10.0 Å². The fourth-order valence-electron chi connectivity index (χ4n) is 2.38. The Morgan fingerprint density at radius 2 is 1.59 bits per heavy atom. The highest BCUT2D eigenvalue weighted by atomic mass is 32.2. The second-order valence-electron chi connectivity index (χ2n) is 5.42. The van der Waals surface area contributed by atoms with Crippen LogP contribution in [-0.4, -0.2) is 39.0 Å². The van der Waals surface area contributed by atoms with E-state index in [1.54, 1.807) is 22.5 Å². The molecule has 0 atom stereocenters. The average molecular weight is 327 g/mol. The van der Waals surface area contributed by atoms with Crippen molar-refractivity contribution in [3.63, 3.8) is 0 Å². The Hall–Kier alpha value is -1.27. The molecule has 2 rings (SSSR count). The fourth-order valence-corrected chi connectivity index (χ4v) is 3.92. The maximum Gasteiger partial charge on any atom is 0.243 e. The lowest BCUT2D eigenvalue weighted by molar-refractivity contribution is 0.267. The quantitative estimate of drug-likeness (QED) is 0.736. The molecule has 1 saturated heterocycles. The Morgan fingerprint density at radius 1 is 1.00 bits per heavy atom. The Labute approximate surface area is 133 Å². The molecular formula is C16H25NO4S. The van der Waals surface area contributed by atoms with Gasteiger partial charge < -0.3 is 9.47 Å². The van der Waals surface area contributed by atoms with E-state index in [0.29, 0.717) is 37.8 Å². The fraction of sp³-hybridized carbons (Fsp3) is 0.625. The molecule has 0 unspecified atom stereocenters. The summed E-state index contributed by atoms with van der Waals surface area (Å²) in [6, 6.07) is 4.90. The molecule has 1 fully saturated rings. The number of hydrogen-bond acceptors (Lipinski definition) is 4. The molecule has 0 spiro atoms. The molecule has 0 bridgehead atoms. The summed E-state index contributed by atoms with van der Waals surface area (Å²) in [6.07, 6.45) is 3.60. The molecule has 5 nitrogen and oxygen atoms in total. The van der Waals surface area contributed by atoms with Crippen molar-refractivity contribution in [3.05, 3.63) is 18.2 Å². The topological polar surface area (TPSA) is 55.8 Å². The van der Waals surface area contributed by atoms with Crippen LogP contribution in [-0.2, 0) is 10.0 Å².